The van der Waals surface area contributed by atoms with E-state index in [0.717, 1.165) is 94.8 Å². The maximum atomic E-state index is 13.6. The van der Waals surface area contributed by atoms with Gasteiger partial charge in [0.1, 0.15) is 23.7 Å². The Morgan fingerprint density at radius 3 is 1.30 bits per heavy atom. The minimum absolute atomic E-state index is 0.0769. The SMILES string of the molecule is CN(C(=O)O)[C@@H](C(=O)N1CCC[C@@H]1c1ncc(-c2ccc(-c3ccc(-c4cnc([C@H]5CCCN5C(=O)[C@@H](C5CC5)N(C)C(=O)O)[nH]4)cc3)cc2)[nH]1)C1CC1. The largest absolute Gasteiger partial charge is 0.465 e. The van der Waals surface area contributed by atoms with Gasteiger partial charge in [0.2, 0.25) is 11.8 Å². The second-order valence-corrected chi connectivity index (χ2v) is 15.2. The van der Waals surface area contributed by atoms with E-state index in [9.17, 15) is 29.4 Å². The van der Waals surface area contributed by atoms with Crippen LogP contribution in [0.3, 0.4) is 0 Å². The van der Waals surface area contributed by atoms with Crippen LogP contribution in [0.5, 0.6) is 0 Å². The zero-order valence-corrected chi connectivity index (χ0v) is 30.5. The van der Waals surface area contributed by atoms with Crippen LogP contribution in [-0.2, 0) is 9.59 Å². The third kappa shape index (κ3) is 6.80. The number of likely N-dealkylation sites (tertiary alicyclic amines) is 2. The molecule has 4 heterocycles. The first-order valence-electron chi connectivity index (χ1n) is 18.9. The van der Waals surface area contributed by atoms with Gasteiger partial charge in [0.15, 0.2) is 0 Å². The van der Waals surface area contributed by atoms with E-state index in [0.29, 0.717) is 24.7 Å². The molecule has 14 nitrogen and oxygen atoms in total. The zero-order chi connectivity index (χ0) is 37.7. The van der Waals surface area contributed by atoms with Crippen molar-refractivity contribution in [2.24, 2.45) is 11.8 Å². The van der Waals surface area contributed by atoms with Crippen molar-refractivity contribution < 1.29 is 29.4 Å². The molecule has 4 aromatic rings. The third-order valence-electron chi connectivity index (χ3n) is 11.7. The number of aromatic nitrogens is 4. The molecule has 0 spiro atoms. The lowest BCUT2D eigenvalue weighted by Gasteiger charge is -2.31. The van der Waals surface area contributed by atoms with Gasteiger partial charge in [0.05, 0.1) is 35.9 Å². The van der Waals surface area contributed by atoms with Crippen molar-refractivity contribution >= 4 is 24.0 Å². The first-order valence-corrected chi connectivity index (χ1v) is 18.9. The van der Waals surface area contributed by atoms with E-state index >= 15 is 0 Å². The minimum Gasteiger partial charge on any atom is -0.465 e. The van der Waals surface area contributed by atoms with Crippen LogP contribution in [0.4, 0.5) is 9.59 Å². The van der Waals surface area contributed by atoms with Crippen LogP contribution < -0.4 is 0 Å². The van der Waals surface area contributed by atoms with Crippen molar-refractivity contribution in [2.45, 2.75) is 75.5 Å². The summed E-state index contributed by atoms with van der Waals surface area (Å²) in [7, 11) is 2.97. The summed E-state index contributed by atoms with van der Waals surface area (Å²) in [5.74, 6) is 1.31. The Bertz CT molecular complexity index is 1890. The number of carboxylic acid groups (broad SMARTS) is 2. The molecule has 4 atom stereocenters. The fraction of sp³-hybridized carbons (Fsp3) is 0.450. The van der Waals surface area contributed by atoms with Crippen molar-refractivity contribution in [1.82, 2.24) is 39.5 Å². The highest BCUT2D eigenvalue weighted by Gasteiger charge is 2.47. The molecule has 2 aliphatic carbocycles. The van der Waals surface area contributed by atoms with Crippen molar-refractivity contribution in [3.8, 4) is 33.6 Å². The summed E-state index contributed by atoms with van der Waals surface area (Å²) in [5.41, 5.74) is 5.73. The Kier molecular flexibility index (Phi) is 9.36. The number of likely N-dealkylation sites (N-methyl/N-ethyl adjacent to an activating group) is 2. The molecule has 0 radical (unpaired) electrons. The maximum absolute atomic E-state index is 13.6. The van der Waals surface area contributed by atoms with Gasteiger partial charge in [-0.3, -0.25) is 19.4 Å². The number of carbonyl (C=O) groups is 4. The average Bonchev–Trinajstić information content (AvgIpc) is 3.87. The van der Waals surface area contributed by atoms with Gasteiger partial charge in [-0.15, -0.1) is 0 Å². The van der Waals surface area contributed by atoms with E-state index in [4.69, 9.17) is 0 Å². The topological polar surface area (TPSA) is 179 Å². The standard InChI is InChI=1S/C40H46N8O6/c1-45(39(51)52)33(27-15-16-27)37(49)47-19-3-5-31(47)35-41-21-29(43-35)25-11-7-23(8-12-25)24-9-13-26(14-10-24)30-22-42-36(44-30)32-6-4-20-48(32)38(50)34(28-17-18-28)46(2)40(53)54/h7-14,21-22,27-28,31-34H,3-6,15-20H2,1-2H3,(H,41,43)(H,42,44)(H,51,52)(H,53,54)/t31-,32-,33-,34-/m1/s1. The molecule has 4 amide bonds. The number of aromatic amines is 2. The average molecular weight is 735 g/mol. The first kappa shape index (κ1) is 35.4. The number of imidazole rings is 2. The van der Waals surface area contributed by atoms with E-state index in [1.807, 2.05) is 24.3 Å². The highest BCUT2D eigenvalue weighted by atomic mass is 16.4. The fourth-order valence-electron chi connectivity index (χ4n) is 8.39. The predicted molar refractivity (Wildman–Crippen MR) is 199 cm³/mol. The van der Waals surface area contributed by atoms with Gasteiger partial charge in [-0.25, -0.2) is 19.6 Å². The van der Waals surface area contributed by atoms with Crippen LogP contribution in [0.2, 0.25) is 0 Å². The molecule has 2 saturated heterocycles. The number of benzene rings is 2. The molecule has 2 aliphatic heterocycles. The van der Waals surface area contributed by atoms with Gasteiger partial charge in [0.25, 0.3) is 0 Å². The summed E-state index contributed by atoms with van der Waals surface area (Å²) in [6, 6.07) is 14.7. The summed E-state index contributed by atoms with van der Waals surface area (Å²) < 4.78 is 0. The Morgan fingerprint density at radius 2 is 0.963 bits per heavy atom. The van der Waals surface area contributed by atoms with E-state index in [2.05, 4.69) is 44.2 Å². The van der Waals surface area contributed by atoms with Crippen molar-refractivity contribution in [2.75, 3.05) is 27.2 Å². The summed E-state index contributed by atoms with van der Waals surface area (Å²) >= 11 is 0. The predicted octanol–water partition coefficient (Wildman–Crippen LogP) is 6.24. The summed E-state index contributed by atoms with van der Waals surface area (Å²) in [6.07, 6.45) is 8.10. The minimum atomic E-state index is -1.09. The number of nitrogens with one attached hydrogen (secondary N) is 2. The van der Waals surface area contributed by atoms with Crippen LogP contribution in [-0.4, -0.2) is 113 Å². The highest BCUT2D eigenvalue weighted by molar-refractivity contribution is 5.87. The quantitative estimate of drug-likeness (QED) is 0.140. The molecular formula is C40H46N8O6. The van der Waals surface area contributed by atoms with Gasteiger partial charge in [-0.05, 0) is 85.5 Å². The van der Waals surface area contributed by atoms with Crippen molar-refractivity contribution in [1.29, 1.82) is 0 Å². The molecule has 0 unspecified atom stereocenters. The monoisotopic (exact) mass is 734 g/mol. The molecule has 4 aliphatic rings. The smallest absolute Gasteiger partial charge is 0.407 e. The van der Waals surface area contributed by atoms with E-state index in [1.54, 1.807) is 22.2 Å². The van der Waals surface area contributed by atoms with Crippen molar-refractivity contribution in [3.63, 3.8) is 0 Å². The fourth-order valence-corrected chi connectivity index (χ4v) is 8.39. The van der Waals surface area contributed by atoms with E-state index in [-0.39, 0.29) is 35.7 Å². The Morgan fingerprint density at radius 1 is 0.611 bits per heavy atom. The molecule has 2 saturated carbocycles. The van der Waals surface area contributed by atoms with Gasteiger partial charge >= 0.3 is 12.2 Å². The zero-order valence-electron chi connectivity index (χ0n) is 30.5. The van der Waals surface area contributed by atoms with Gasteiger partial charge in [0, 0.05) is 27.2 Å². The number of rotatable bonds is 11. The summed E-state index contributed by atoms with van der Waals surface area (Å²) in [6.45, 7) is 1.17. The van der Waals surface area contributed by atoms with Crippen molar-refractivity contribution in [3.05, 3.63) is 72.6 Å². The number of nitrogens with zero attached hydrogens (tertiary/aromatic N) is 6. The van der Waals surface area contributed by atoms with E-state index < -0.39 is 24.3 Å². The Labute approximate surface area is 313 Å². The number of carbonyl (C=O) groups excluding carboxylic acids is 2. The molecule has 2 aromatic heterocycles. The molecular weight excluding hydrogens is 688 g/mol. The Balaban J connectivity index is 0.922. The van der Waals surface area contributed by atoms with Gasteiger partial charge in [-0.1, -0.05) is 48.5 Å². The first-order chi connectivity index (χ1) is 26.1. The Hall–Kier alpha value is -5.66. The van der Waals surface area contributed by atoms with Crippen LogP contribution in [0, 0.1) is 11.8 Å². The summed E-state index contributed by atoms with van der Waals surface area (Å²) in [5, 5.41) is 19.2. The molecule has 14 heteroatoms. The van der Waals surface area contributed by atoms with Gasteiger partial charge < -0.3 is 30.0 Å². The number of hydrogen-bond acceptors (Lipinski definition) is 6. The molecule has 0 bridgehead atoms. The third-order valence-corrected chi connectivity index (χ3v) is 11.7. The van der Waals surface area contributed by atoms with Crippen LogP contribution in [0.15, 0.2) is 60.9 Å². The highest BCUT2D eigenvalue weighted by Crippen LogP contribution is 2.41. The normalized spacial score (nSPS) is 20.9. The number of hydrogen-bond donors (Lipinski definition) is 4. The van der Waals surface area contributed by atoms with E-state index in [1.165, 1.54) is 14.1 Å². The lowest BCUT2D eigenvalue weighted by Crippen LogP contribution is -2.50. The lowest BCUT2D eigenvalue weighted by molar-refractivity contribution is -0.138. The summed E-state index contributed by atoms with van der Waals surface area (Å²) in [4.78, 5) is 72.8. The van der Waals surface area contributed by atoms with Gasteiger partial charge in [-0.2, -0.15) is 0 Å². The second kappa shape index (κ2) is 14.3. The lowest BCUT2D eigenvalue weighted by atomic mass is 10.0. The molecule has 8 rings (SSSR count). The molecule has 2 aromatic carbocycles. The van der Waals surface area contributed by atoms with Crippen LogP contribution in [0.25, 0.3) is 33.6 Å². The maximum Gasteiger partial charge on any atom is 0.407 e. The number of H-pyrrole nitrogens is 2. The molecule has 4 fully saturated rings. The number of amides is 4. The molecule has 282 valence electrons. The molecule has 4 N–H and O–H groups in total. The van der Waals surface area contributed by atoms with Crippen LogP contribution >= 0.6 is 0 Å². The second-order valence-electron chi connectivity index (χ2n) is 15.2. The van der Waals surface area contributed by atoms with Crippen LogP contribution in [0.1, 0.15) is 75.1 Å². The molecule has 54 heavy (non-hydrogen) atoms.